The van der Waals surface area contributed by atoms with Gasteiger partial charge in [-0.05, 0) is 48.9 Å². The number of carboxylic acid groups (broad SMARTS) is 1. The van der Waals surface area contributed by atoms with E-state index in [1.165, 1.54) is 0 Å². The van der Waals surface area contributed by atoms with Crippen molar-refractivity contribution in [2.24, 2.45) is 0 Å². The Morgan fingerprint density at radius 2 is 1.75 bits per heavy atom. The molecule has 0 fully saturated rings. The number of aryl methyl sites for hydroxylation is 1. The zero-order chi connectivity index (χ0) is 17.9. The minimum absolute atomic E-state index is 0.168. The molecule has 1 aromatic carbocycles. The summed E-state index contributed by atoms with van der Waals surface area (Å²) in [5.41, 5.74) is 1.86. The van der Waals surface area contributed by atoms with Crippen LogP contribution in [0.5, 0.6) is 11.5 Å². The molecular formula is C19H30O5. The van der Waals surface area contributed by atoms with Crippen LogP contribution < -0.4 is 9.47 Å². The average molecular weight is 338 g/mol. The molecule has 0 spiro atoms. The van der Waals surface area contributed by atoms with Crippen molar-refractivity contribution in [3.8, 4) is 11.5 Å². The van der Waals surface area contributed by atoms with Gasteiger partial charge in [-0.15, -0.1) is 0 Å². The standard InChI is InChI=1S/C19H30O5/c1-4-5-6-10-16(20)15-13-18(24-3)17(23-2)12-14(15)9-7-8-11-19(21)22/h12-13,16,20H,4-11H2,1-3H3,(H,21,22). The molecule has 0 aliphatic heterocycles. The molecule has 2 N–H and O–H groups in total. The van der Waals surface area contributed by atoms with Crippen LogP contribution in [-0.4, -0.2) is 30.4 Å². The van der Waals surface area contributed by atoms with E-state index in [-0.39, 0.29) is 6.42 Å². The van der Waals surface area contributed by atoms with Crippen LogP contribution in [0.25, 0.3) is 0 Å². The normalized spacial score (nSPS) is 12.0. The maximum atomic E-state index is 10.6. The number of ether oxygens (including phenoxy) is 2. The van der Waals surface area contributed by atoms with Crippen LogP contribution in [0.1, 0.15) is 69.1 Å². The van der Waals surface area contributed by atoms with E-state index in [1.807, 2.05) is 12.1 Å². The summed E-state index contributed by atoms with van der Waals surface area (Å²) in [6.07, 6.45) is 5.63. The zero-order valence-corrected chi connectivity index (χ0v) is 15.0. The van der Waals surface area contributed by atoms with Gasteiger partial charge in [0, 0.05) is 6.42 Å². The second-order valence-corrected chi connectivity index (χ2v) is 6.02. The quantitative estimate of drug-likeness (QED) is 0.561. The smallest absolute Gasteiger partial charge is 0.303 e. The first-order chi connectivity index (χ1) is 11.5. The number of unbranched alkanes of at least 4 members (excludes halogenated alkanes) is 3. The second kappa shape index (κ2) is 10.9. The second-order valence-electron chi connectivity index (χ2n) is 6.02. The number of aliphatic hydroxyl groups excluding tert-OH is 1. The Bertz CT molecular complexity index is 513. The van der Waals surface area contributed by atoms with Gasteiger partial charge >= 0.3 is 5.97 Å². The molecule has 0 amide bonds. The van der Waals surface area contributed by atoms with Gasteiger partial charge in [0.1, 0.15) is 0 Å². The highest BCUT2D eigenvalue weighted by molar-refractivity contribution is 5.66. The number of hydrogen-bond donors (Lipinski definition) is 2. The van der Waals surface area contributed by atoms with Crippen LogP contribution >= 0.6 is 0 Å². The third-order valence-electron chi connectivity index (χ3n) is 4.17. The number of hydrogen-bond acceptors (Lipinski definition) is 4. The van der Waals surface area contributed by atoms with Crippen molar-refractivity contribution in [1.82, 2.24) is 0 Å². The van der Waals surface area contributed by atoms with E-state index in [2.05, 4.69) is 6.92 Å². The van der Waals surface area contributed by atoms with Crippen molar-refractivity contribution < 1.29 is 24.5 Å². The lowest BCUT2D eigenvalue weighted by Crippen LogP contribution is -2.05. The monoisotopic (exact) mass is 338 g/mol. The average Bonchev–Trinajstić information content (AvgIpc) is 2.57. The summed E-state index contributed by atoms with van der Waals surface area (Å²) in [5, 5.41) is 19.3. The summed E-state index contributed by atoms with van der Waals surface area (Å²) >= 11 is 0. The zero-order valence-electron chi connectivity index (χ0n) is 15.0. The molecule has 1 atom stereocenters. The lowest BCUT2D eigenvalue weighted by Gasteiger charge is -2.19. The summed E-state index contributed by atoms with van der Waals surface area (Å²) in [6.45, 7) is 2.14. The molecule has 0 saturated heterocycles. The number of carboxylic acids is 1. The first-order valence-corrected chi connectivity index (χ1v) is 8.68. The fourth-order valence-electron chi connectivity index (χ4n) is 2.80. The van der Waals surface area contributed by atoms with Gasteiger partial charge in [-0.25, -0.2) is 0 Å². The summed E-state index contributed by atoms with van der Waals surface area (Å²) in [4.78, 5) is 10.6. The fourth-order valence-corrected chi connectivity index (χ4v) is 2.80. The predicted molar refractivity (Wildman–Crippen MR) is 93.8 cm³/mol. The summed E-state index contributed by atoms with van der Waals surface area (Å²) in [6, 6.07) is 3.75. The Hall–Kier alpha value is -1.75. The minimum Gasteiger partial charge on any atom is -0.493 e. The lowest BCUT2D eigenvalue weighted by atomic mass is 9.94. The number of aliphatic carboxylic acids is 1. The largest absolute Gasteiger partial charge is 0.493 e. The van der Waals surface area contributed by atoms with Crippen LogP contribution in [0.2, 0.25) is 0 Å². The Labute approximate surface area is 144 Å². The van der Waals surface area contributed by atoms with Gasteiger partial charge in [-0.2, -0.15) is 0 Å². The summed E-state index contributed by atoms with van der Waals surface area (Å²) < 4.78 is 10.7. The molecule has 24 heavy (non-hydrogen) atoms. The predicted octanol–water partition coefficient (Wildman–Crippen LogP) is 4.11. The molecule has 0 aromatic heterocycles. The van der Waals surface area contributed by atoms with Gasteiger partial charge in [0.25, 0.3) is 0 Å². The van der Waals surface area contributed by atoms with Gasteiger partial charge in [0.2, 0.25) is 0 Å². The van der Waals surface area contributed by atoms with Crippen LogP contribution in [-0.2, 0) is 11.2 Å². The molecule has 1 unspecified atom stereocenters. The van der Waals surface area contributed by atoms with Crippen molar-refractivity contribution in [2.45, 2.75) is 64.4 Å². The topological polar surface area (TPSA) is 76.0 Å². The van der Waals surface area contributed by atoms with E-state index in [0.717, 1.165) is 36.8 Å². The Morgan fingerprint density at radius 3 is 2.33 bits per heavy atom. The fraction of sp³-hybridized carbons (Fsp3) is 0.632. The van der Waals surface area contributed by atoms with E-state index in [9.17, 15) is 9.90 Å². The third kappa shape index (κ3) is 6.40. The minimum atomic E-state index is -0.776. The van der Waals surface area contributed by atoms with E-state index in [4.69, 9.17) is 14.6 Å². The summed E-state index contributed by atoms with van der Waals surface area (Å²) in [7, 11) is 3.17. The van der Waals surface area contributed by atoms with Gasteiger partial charge in [-0.1, -0.05) is 26.2 Å². The Balaban J connectivity index is 2.92. The SMILES string of the molecule is CCCCCC(O)c1cc(OC)c(OC)cc1CCCCC(=O)O. The number of rotatable bonds is 12. The highest BCUT2D eigenvalue weighted by Crippen LogP contribution is 2.35. The maximum absolute atomic E-state index is 10.6. The van der Waals surface area contributed by atoms with Gasteiger partial charge < -0.3 is 19.7 Å². The van der Waals surface area contributed by atoms with Crippen LogP contribution in [0, 0.1) is 0 Å². The molecule has 0 radical (unpaired) electrons. The van der Waals surface area contributed by atoms with Crippen LogP contribution in [0.4, 0.5) is 0 Å². The lowest BCUT2D eigenvalue weighted by molar-refractivity contribution is -0.137. The highest BCUT2D eigenvalue weighted by Gasteiger charge is 2.17. The first-order valence-electron chi connectivity index (χ1n) is 8.68. The molecule has 0 aliphatic rings. The highest BCUT2D eigenvalue weighted by atomic mass is 16.5. The molecule has 136 valence electrons. The van der Waals surface area contributed by atoms with Crippen molar-refractivity contribution in [2.75, 3.05) is 14.2 Å². The van der Waals surface area contributed by atoms with Crippen LogP contribution in [0.15, 0.2) is 12.1 Å². The van der Waals surface area contributed by atoms with Crippen molar-refractivity contribution in [1.29, 1.82) is 0 Å². The van der Waals surface area contributed by atoms with E-state index in [0.29, 0.717) is 30.8 Å². The van der Waals surface area contributed by atoms with E-state index >= 15 is 0 Å². The molecule has 0 bridgehead atoms. The van der Waals surface area contributed by atoms with Gasteiger partial charge in [0.15, 0.2) is 11.5 Å². The molecular weight excluding hydrogens is 308 g/mol. The molecule has 0 aliphatic carbocycles. The first kappa shape index (κ1) is 20.3. The van der Waals surface area contributed by atoms with Crippen LogP contribution in [0.3, 0.4) is 0 Å². The number of carbonyl (C=O) groups is 1. The number of aliphatic hydroxyl groups is 1. The molecule has 1 rings (SSSR count). The van der Waals surface area contributed by atoms with Crippen molar-refractivity contribution in [3.05, 3.63) is 23.3 Å². The Morgan fingerprint density at radius 1 is 1.08 bits per heavy atom. The molecule has 5 heteroatoms. The molecule has 0 heterocycles. The Kier molecular flexibility index (Phi) is 9.23. The summed E-state index contributed by atoms with van der Waals surface area (Å²) in [5.74, 6) is 0.466. The van der Waals surface area contributed by atoms with Crippen molar-refractivity contribution >= 4 is 5.97 Å². The number of benzene rings is 1. The van der Waals surface area contributed by atoms with Gasteiger partial charge in [0.05, 0.1) is 20.3 Å². The van der Waals surface area contributed by atoms with E-state index in [1.54, 1.807) is 14.2 Å². The molecule has 0 saturated carbocycles. The van der Waals surface area contributed by atoms with Gasteiger partial charge in [-0.3, -0.25) is 4.79 Å². The maximum Gasteiger partial charge on any atom is 0.303 e. The molecule has 5 nitrogen and oxygen atoms in total. The van der Waals surface area contributed by atoms with Crippen molar-refractivity contribution in [3.63, 3.8) is 0 Å². The molecule has 1 aromatic rings. The number of methoxy groups -OCH3 is 2. The third-order valence-corrected chi connectivity index (χ3v) is 4.17. The van der Waals surface area contributed by atoms with E-state index < -0.39 is 12.1 Å².